The molecule has 0 unspecified atom stereocenters. The molecule has 0 spiro atoms. The number of nitrogens with zero attached hydrogens (tertiary/aromatic N) is 2. The summed E-state index contributed by atoms with van der Waals surface area (Å²) in [6, 6.07) is 9.42. The minimum Gasteiger partial charge on any atom is -0.336 e. The molecule has 0 aliphatic carbocycles. The number of nitrogens with one attached hydrogen (secondary N) is 2. The van der Waals surface area contributed by atoms with Crippen molar-refractivity contribution in [2.75, 3.05) is 5.32 Å². The zero-order valence-corrected chi connectivity index (χ0v) is 11.3. The van der Waals surface area contributed by atoms with Gasteiger partial charge in [-0.05, 0) is 45.0 Å². The van der Waals surface area contributed by atoms with Crippen LogP contribution < -0.4 is 10.6 Å². The second kappa shape index (κ2) is 5.56. The lowest BCUT2D eigenvalue weighted by atomic mass is 10.2. The third kappa shape index (κ3) is 3.34. The smallest absolute Gasteiger partial charge is 0.319 e. The van der Waals surface area contributed by atoms with Gasteiger partial charge in [0, 0.05) is 23.6 Å². The van der Waals surface area contributed by atoms with Crippen LogP contribution in [0, 0.1) is 6.92 Å². The number of aromatic nitrogens is 2. The lowest BCUT2D eigenvalue weighted by molar-refractivity contribution is 0.250. The summed E-state index contributed by atoms with van der Waals surface area (Å²) in [5.41, 5.74) is 2.71. The van der Waals surface area contributed by atoms with Gasteiger partial charge < -0.3 is 10.6 Å². The van der Waals surface area contributed by atoms with E-state index < -0.39 is 0 Å². The number of hydrogen-bond acceptors (Lipinski definition) is 2. The number of carbonyl (C=O) groups excluding carboxylic acids is 1. The number of urea groups is 1. The molecule has 19 heavy (non-hydrogen) atoms. The summed E-state index contributed by atoms with van der Waals surface area (Å²) in [6.07, 6.45) is 1.75. The van der Waals surface area contributed by atoms with E-state index in [1.54, 1.807) is 6.20 Å². The molecule has 0 saturated carbocycles. The standard InChI is InChI=1S/C14H18N4O/c1-10(2)16-14(19)17-12-5-4-6-13(9-12)18-11(3)7-8-15-18/h4-10H,1-3H3,(H2,16,17,19). The zero-order chi connectivity index (χ0) is 13.8. The monoisotopic (exact) mass is 258 g/mol. The lowest BCUT2D eigenvalue weighted by Gasteiger charge is -2.11. The highest BCUT2D eigenvalue weighted by Gasteiger charge is 2.05. The first-order valence-electron chi connectivity index (χ1n) is 6.25. The van der Waals surface area contributed by atoms with Crippen molar-refractivity contribution in [2.45, 2.75) is 26.8 Å². The molecule has 2 rings (SSSR count). The van der Waals surface area contributed by atoms with Crippen LogP contribution in [0.15, 0.2) is 36.5 Å². The van der Waals surface area contributed by atoms with Crippen molar-refractivity contribution < 1.29 is 4.79 Å². The van der Waals surface area contributed by atoms with Gasteiger partial charge >= 0.3 is 6.03 Å². The molecule has 5 heteroatoms. The topological polar surface area (TPSA) is 59.0 Å². The molecule has 0 bridgehead atoms. The molecule has 0 aliphatic rings. The van der Waals surface area contributed by atoms with E-state index in [0.29, 0.717) is 0 Å². The molecule has 1 heterocycles. The first-order chi connectivity index (χ1) is 9.06. The Morgan fingerprint density at radius 1 is 1.32 bits per heavy atom. The SMILES string of the molecule is Cc1ccnn1-c1cccc(NC(=O)NC(C)C)c1. The van der Waals surface area contributed by atoms with Crippen LogP contribution in [0.5, 0.6) is 0 Å². The summed E-state index contributed by atoms with van der Waals surface area (Å²) in [7, 11) is 0. The van der Waals surface area contributed by atoms with E-state index in [1.807, 2.05) is 55.8 Å². The van der Waals surface area contributed by atoms with Crippen molar-refractivity contribution in [3.8, 4) is 5.69 Å². The molecule has 0 saturated heterocycles. The molecule has 1 aromatic heterocycles. The fourth-order valence-corrected chi connectivity index (χ4v) is 1.78. The summed E-state index contributed by atoms with van der Waals surface area (Å²) < 4.78 is 1.82. The van der Waals surface area contributed by atoms with Crippen LogP contribution in [-0.4, -0.2) is 21.9 Å². The van der Waals surface area contributed by atoms with Crippen LogP contribution in [0.4, 0.5) is 10.5 Å². The van der Waals surface area contributed by atoms with Gasteiger partial charge in [0.1, 0.15) is 0 Å². The van der Waals surface area contributed by atoms with E-state index in [-0.39, 0.29) is 12.1 Å². The average molecular weight is 258 g/mol. The molecule has 2 N–H and O–H groups in total. The van der Waals surface area contributed by atoms with Crippen LogP contribution in [0.25, 0.3) is 5.69 Å². The first-order valence-corrected chi connectivity index (χ1v) is 6.25. The molecule has 100 valence electrons. The van der Waals surface area contributed by atoms with Gasteiger partial charge in [-0.15, -0.1) is 0 Å². The van der Waals surface area contributed by atoms with E-state index in [0.717, 1.165) is 17.1 Å². The second-order valence-corrected chi connectivity index (χ2v) is 4.69. The highest BCUT2D eigenvalue weighted by atomic mass is 16.2. The van der Waals surface area contributed by atoms with Crippen molar-refractivity contribution in [1.29, 1.82) is 0 Å². The summed E-state index contributed by atoms with van der Waals surface area (Å²) >= 11 is 0. The van der Waals surface area contributed by atoms with Crippen LogP contribution in [0.3, 0.4) is 0 Å². The van der Waals surface area contributed by atoms with Gasteiger partial charge in [-0.2, -0.15) is 5.10 Å². The summed E-state index contributed by atoms with van der Waals surface area (Å²) in [5.74, 6) is 0. The highest BCUT2D eigenvalue weighted by Crippen LogP contribution is 2.15. The molecule has 0 atom stereocenters. The van der Waals surface area contributed by atoms with Crippen molar-refractivity contribution in [2.24, 2.45) is 0 Å². The minimum absolute atomic E-state index is 0.108. The van der Waals surface area contributed by atoms with Crippen molar-refractivity contribution in [3.63, 3.8) is 0 Å². The molecular weight excluding hydrogens is 240 g/mol. The molecule has 1 aromatic carbocycles. The zero-order valence-electron chi connectivity index (χ0n) is 11.3. The third-order valence-electron chi connectivity index (χ3n) is 2.60. The Morgan fingerprint density at radius 2 is 2.11 bits per heavy atom. The highest BCUT2D eigenvalue weighted by molar-refractivity contribution is 5.89. The van der Waals surface area contributed by atoms with Gasteiger partial charge in [-0.3, -0.25) is 0 Å². The maximum atomic E-state index is 11.6. The van der Waals surface area contributed by atoms with Crippen LogP contribution in [-0.2, 0) is 0 Å². The van der Waals surface area contributed by atoms with Gasteiger partial charge in [0.2, 0.25) is 0 Å². The largest absolute Gasteiger partial charge is 0.336 e. The van der Waals surface area contributed by atoms with E-state index in [9.17, 15) is 4.79 Å². The van der Waals surface area contributed by atoms with Gasteiger partial charge in [-0.1, -0.05) is 6.07 Å². The number of amides is 2. The Labute approximate surface area is 112 Å². The average Bonchev–Trinajstić information content (AvgIpc) is 2.74. The number of carbonyl (C=O) groups is 1. The van der Waals surface area contributed by atoms with Gasteiger partial charge in [-0.25, -0.2) is 9.48 Å². The van der Waals surface area contributed by atoms with Gasteiger partial charge in [0.25, 0.3) is 0 Å². The molecular formula is C14H18N4O. The maximum absolute atomic E-state index is 11.6. The molecule has 2 amide bonds. The maximum Gasteiger partial charge on any atom is 0.319 e. The van der Waals surface area contributed by atoms with Crippen LogP contribution in [0.1, 0.15) is 19.5 Å². The van der Waals surface area contributed by atoms with E-state index in [2.05, 4.69) is 15.7 Å². The molecule has 5 nitrogen and oxygen atoms in total. The fraction of sp³-hybridized carbons (Fsp3) is 0.286. The second-order valence-electron chi connectivity index (χ2n) is 4.69. The van der Waals surface area contributed by atoms with Crippen LogP contribution >= 0.6 is 0 Å². The minimum atomic E-state index is -0.204. The Hall–Kier alpha value is -2.30. The van der Waals surface area contributed by atoms with Gasteiger partial charge in [0.05, 0.1) is 5.69 Å². The summed E-state index contributed by atoms with van der Waals surface area (Å²) in [4.78, 5) is 11.6. The molecule has 2 aromatic rings. The lowest BCUT2D eigenvalue weighted by Crippen LogP contribution is -2.34. The quantitative estimate of drug-likeness (QED) is 0.889. The van der Waals surface area contributed by atoms with Crippen LogP contribution in [0.2, 0.25) is 0 Å². The predicted octanol–water partition coefficient (Wildman–Crippen LogP) is 2.71. The predicted molar refractivity (Wildman–Crippen MR) is 75.6 cm³/mol. The van der Waals surface area contributed by atoms with Gasteiger partial charge in [0.15, 0.2) is 0 Å². The molecule has 0 radical (unpaired) electrons. The molecule has 0 aliphatic heterocycles. The number of aryl methyl sites for hydroxylation is 1. The Balaban J connectivity index is 2.16. The summed E-state index contributed by atoms with van der Waals surface area (Å²) in [5, 5.41) is 9.83. The van der Waals surface area contributed by atoms with Crippen molar-refractivity contribution in [3.05, 3.63) is 42.2 Å². The van der Waals surface area contributed by atoms with Crippen molar-refractivity contribution in [1.82, 2.24) is 15.1 Å². The Bertz CT molecular complexity index is 574. The number of benzene rings is 1. The summed E-state index contributed by atoms with van der Waals surface area (Å²) in [6.45, 7) is 5.82. The third-order valence-corrected chi connectivity index (χ3v) is 2.60. The number of hydrogen-bond donors (Lipinski definition) is 2. The van der Waals surface area contributed by atoms with Crippen molar-refractivity contribution >= 4 is 11.7 Å². The van der Waals surface area contributed by atoms with E-state index in [4.69, 9.17) is 0 Å². The normalized spacial score (nSPS) is 10.5. The van der Waals surface area contributed by atoms with E-state index in [1.165, 1.54) is 0 Å². The first kappa shape index (κ1) is 13.1. The number of rotatable bonds is 3. The fourth-order valence-electron chi connectivity index (χ4n) is 1.78. The Morgan fingerprint density at radius 3 is 2.74 bits per heavy atom. The van der Waals surface area contributed by atoms with E-state index >= 15 is 0 Å². The number of anilines is 1. The molecule has 0 fully saturated rings. The Kier molecular flexibility index (Phi) is 3.85.